The first kappa shape index (κ1) is 14.3. The Morgan fingerprint density at radius 2 is 1.74 bits per heavy atom. The number of rotatable bonds is 1. The number of hydrogen-bond acceptors (Lipinski definition) is 1. The van der Waals surface area contributed by atoms with Crippen LogP contribution in [0.3, 0.4) is 0 Å². The highest BCUT2D eigenvalue weighted by Crippen LogP contribution is 2.25. The average molecular weight is 288 g/mol. The topological polar surface area (TPSA) is 20.3 Å². The van der Waals surface area contributed by atoms with Gasteiger partial charge in [0, 0.05) is 23.7 Å². The second kappa shape index (κ2) is 5.87. The van der Waals surface area contributed by atoms with E-state index in [2.05, 4.69) is 0 Å². The maximum atomic E-state index is 13.9. The van der Waals surface area contributed by atoms with Gasteiger partial charge < -0.3 is 4.90 Å². The summed E-state index contributed by atoms with van der Waals surface area (Å²) in [5.74, 6) is -2.61. The van der Waals surface area contributed by atoms with Crippen molar-refractivity contribution in [2.75, 3.05) is 13.1 Å². The maximum absolute atomic E-state index is 13.9. The summed E-state index contributed by atoms with van der Waals surface area (Å²) in [6.45, 7) is 2.57. The monoisotopic (exact) mass is 287 g/mol. The Morgan fingerprint density at radius 1 is 1.16 bits per heavy atom. The third kappa shape index (κ3) is 2.89. The Labute approximate surface area is 116 Å². The molecule has 0 spiro atoms. The highest BCUT2D eigenvalue weighted by atomic mass is 35.5. The normalized spacial score (nSPS) is 16.3. The molecule has 1 saturated heterocycles. The van der Waals surface area contributed by atoms with Gasteiger partial charge in [-0.1, -0.05) is 24.4 Å². The van der Waals surface area contributed by atoms with E-state index in [4.69, 9.17) is 11.6 Å². The summed E-state index contributed by atoms with van der Waals surface area (Å²) in [4.78, 5) is 13.8. The number of carbonyl (C=O) groups excluding carboxylic acids is 1. The first-order chi connectivity index (χ1) is 9.02. The molecule has 0 bridgehead atoms. The smallest absolute Gasteiger partial charge is 0.256 e. The molecule has 0 N–H and O–H groups in total. The van der Waals surface area contributed by atoms with Crippen LogP contribution in [0.2, 0.25) is 5.02 Å². The Kier molecular flexibility index (Phi) is 4.40. The minimum atomic E-state index is -1.10. The number of likely N-dealkylation sites (tertiary alicyclic amines) is 1. The van der Waals surface area contributed by atoms with E-state index in [0.29, 0.717) is 13.1 Å². The predicted octanol–water partition coefficient (Wildman–Crippen LogP) is 3.94. The first-order valence-electron chi connectivity index (χ1n) is 6.45. The first-order valence-corrected chi connectivity index (χ1v) is 6.83. The van der Waals surface area contributed by atoms with Gasteiger partial charge in [-0.3, -0.25) is 4.79 Å². The van der Waals surface area contributed by atoms with Gasteiger partial charge in [-0.25, -0.2) is 8.78 Å². The van der Waals surface area contributed by atoms with Gasteiger partial charge in [-0.05, 0) is 25.8 Å². The third-order valence-electron chi connectivity index (χ3n) is 3.51. The number of nitrogens with zero attached hydrogens (tertiary/aromatic N) is 1. The molecule has 104 valence electrons. The lowest BCUT2D eigenvalue weighted by Gasteiger charge is -2.21. The molecule has 0 aliphatic carbocycles. The van der Waals surface area contributed by atoms with Crippen LogP contribution in [0.15, 0.2) is 6.07 Å². The van der Waals surface area contributed by atoms with E-state index >= 15 is 0 Å². The summed E-state index contributed by atoms with van der Waals surface area (Å²) in [5, 5.41) is 0.0806. The fraction of sp³-hybridized carbons (Fsp3) is 0.500. The Bertz CT molecular complexity index is 497. The summed E-state index contributed by atoms with van der Waals surface area (Å²) >= 11 is 5.83. The fourth-order valence-electron chi connectivity index (χ4n) is 2.29. The van der Waals surface area contributed by atoms with E-state index in [-0.39, 0.29) is 16.1 Å². The molecule has 1 amide bonds. The summed E-state index contributed by atoms with van der Waals surface area (Å²) in [6.07, 6.45) is 3.93. The van der Waals surface area contributed by atoms with Gasteiger partial charge in [-0.2, -0.15) is 0 Å². The van der Waals surface area contributed by atoms with Crippen molar-refractivity contribution >= 4 is 17.5 Å². The summed E-state index contributed by atoms with van der Waals surface area (Å²) in [5.41, 5.74) is -0.235. The maximum Gasteiger partial charge on any atom is 0.256 e. The van der Waals surface area contributed by atoms with E-state index in [1.54, 1.807) is 4.90 Å². The summed E-state index contributed by atoms with van der Waals surface area (Å²) < 4.78 is 27.5. The highest BCUT2D eigenvalue weighted by molar-refractivity contribution is 6.31. The van der Waals surface area contributed by atoms with Crippen molar-refractivity contribution in [3.8, 4) is 0 Å². The van der Waals surface area contributed by atoms with Crippen molar-refractivity contribution in [3.63, 3.8) is 0 Å². The molecule has 1 aliphatic rings. The van der Waals surface area contributed by atoms with Crippen molar-refractivity contribution in [3.05, 3.63) is 33.9 Å². The number of halogens is 3. The lowest BCUT2D eigenvalue weighted by Crippen LogP contribution is -2.32. The highest BCUT2D eigenvalue weighted by Gasteiger charge is 2.24. The molecule has 1 aromatic carbocycles. The molecule has 0 aromatic heterocycles. The molecule has 0 atom stereocenters. The van der Waals surface area contributed by atoms with Gasteiger partial charge in [0.05, 0.1) is 5.56 Å². The van der Waals surface area contributed by atoms with Crippen LogP contribution in [0.5, 0.6) is 0 Å². The van der Waals surface area contributed by atoms with Crippen LogP contribution >= 0.6 is 11.6 Å². The largest absolute Gasteiger partial charge is 0.339 e. The zero-order valence-electron chi connectivity index (χ0n) is 10.8. The molecular formula is C14H16ClF2NO. The van der Waals surface area contributed by atoms with Crippen LogP contribution in [-0.2, 0) is 0 Å². The van der Waals surface area contributed by atoms with Crippen molar-refractivity contribution in [2.24, 2.45) is 0 Å². The van der Waals surface area contributed by atoms with E-state index in [0.717, 1.165) is 25.7 Å². The van der Waals surface area contributed by atoms with Crippen LogP contribution in [-0.4, -0.2) is 23.9 Å². The Balaban J connectivity index is 2.33. The fourth-order valence-corrected chi connectivity index (χ4v) is 2.48. The molecule has 0 saturated carbocycles. The summed E-state index contributed by atoms with van der Waals surface area (Å²) in [6, 6.07) is 1.22. The predicted molar refractivity (Wildman–Crippen MR) is 70.5 cm³/mol. The standard InChI is InChI=1S/C14H16ClF2NO/c1-9-11(15)8-10(13(17)12(9)16)14(19)18-6-4-2-3-5-7-18/h8H,2-7H2,1H3. The van der Waals surface area contributed by atoms with E-state index in [1.165, 1.54) is 13.0 Å². The van der Waals surface area contributed by atoms with Gasteiger partial charge >= 0.3 is 0 Å². The second-order valence-corrected chi connectivity index (χ2v) is 5.27. The molecule has 0 unspecified atom stereocenters. The second-order valence-electron chi connectivity index (χ2n) is 4.87. The number of hydrogen-bond donors (Lipinski definition) is 0. The molecule has 2 nitrogen and oxygen atoms in total. The van der Waals surface area contributed by atoms with Crippen LogP contribution in [0.1, 0.15) is 41.6 Å². The molecule has 1 heterocycles. The van der Waals surface area contributed by atoms with Gasteiger partial charge in [0.25, 0.3) is 5.91 Å². The zero-order valence-corrected chi connectivity index (χ0v) is 11.6. The molecule has 5 heteroatoms. The molecule has 19 heavy (non-hydrogen) atoms. The number of benzene rings is 1. The van der Waals surface area contributed by atoms with Gasteiger partial charge in [0.1, 0.15) is 0 Å². The van der Waals surface area contributed by atoms with E-state index in [9.17, 15) is 13.6 Å². The lowest BCUT2D eigenvalue weighted by atomic mass is 10.1. The van der Waals surface area contributed by atoms with Crippen LogP contribution < -0.4 is 0 Å². The molecular weight excluding hydrogens is 272 g/mol. The SMILES string of the molecule is Cc1c(Cl)cc(C(=O)N2CCCCCC2)c(F)c1F. The Morgan fingerprint density at radius 3 is 2.32 bits per heavy atom. The number of carbonyl (C=O) groups is 1. The minimum Gasteiger partial charge on any atom is -0.339 e. The van der Waals surface area contributed by atoms with Crippen molar-refractivity contribution < 1.29 is 13.6 Å². The Hall–Kier alpha value is -1.16. The van der Waals surface area contributed by atoms with E-state index in [1.807, 2.05) is 0 Å². The summed E-state index contributed by atoms with van der Waals surface area (Å²) in [7, 11) is 0. The van der Waals surface area contributed by atoms with Crippen LogP contribution in [0.25, 0.3) is 0 Å². The molecule has 2 rings (SSSR count). The minimum absolute atomic E-state index is 0.0339. The molecule has 1 fully saturated rings. The van der Waals surface area contributed by atoms with Crippen molar-refractivity contribution in [2.45, 2.75) is 32.6 Å². The quantitative estimate of drug-likeness (QED) is 0.716. The molecule has 0 radical (unpaired) electrons. The van der Waals surface area contributed by atoms with Crippen LogP contribution in [0.4, 0.5) is 8.78 Å². The van der Waals surface area contributed by atoms with Crippen molar-refractivity contribution in [1.29, 1.82) is 0 Å². The van der Waals surface area contributed by atoms with Crippen molar-refractivity contribution in [1.82, 2.24) is 4.90 Å². The van der Waals surface area contributed by atoms with Gasteiger partial charge in [0.15, 0.2) is 11.6 Å². The van der Waals surface area contributed by atoms with Gasteiger partial charge in [0.2, 0.25) is 0 Å². The lowest BCUT2D eigenvalue weighted by molar-refractivity contribution is 0.0756. The van der Waals surface area contributed by atoms with E-state index < -0.39 is 17.5 Å². The van der Waals surface area contributed by atoms with Crippen LogP contribution in [0, 0.1) is 18.6 Å². The zero-order chi connectivity index (χ0) is 14.0. The third-order valence-corrected chi connectivity index (χ3v) is 3.90. The van der Waals surface area contributed by atoms with Gasteiger partial charge in [-0.15, -0.1) is 0 Å². The average Bonchev–Trinajstić information content (AvgIpc) is 2.68. The molecule has 1 aromatic rings. The molecule has 1 aliphatic heterocycles. The number of amides is 1.